The van der Waals surface area contributed by atoms with Gasteiger partial charge in [0, 0.05) is 68.4 Å². The molecule has 7 atom stereocenters. The lowest BCUT2D eigenvalue weighted by molar-refractivity contribution is -0.0719. The fourth-order valence-electron chi connectivity index (χ4n) is 8.37. The van der Waals surface area contributed by atoms with Crippen LogP contribution in [0, 0.1) is 11.6 Å². The zero-order valence-corrected chi connectivity index (χ0v) is 38.3. The number of hydrogen-bond acceptors (Lipinski definition) is 19. The predicted molar refractivity (Wildman–Crippen MR) is 244 cm³/mol. The summed E-state index contributed by atoms with van der Waals surface area (Å²) in [6, 6.07) is 10.1. The molecule has 6 aromatic rings. The number of aromatic nitrogens is 7. The molecule has 360 valence electrons. The van der Waals surface area contributed by atoms with Crippen LogP contribution in [0.15, 0.2) is 59.9 Å². The summed E-state index contributed by atoms with van der Waals surface area (Å²) in [6.07, 6.45) is 4.41. The number of methoxy groups -OCH3 is 2. The molecule has 18 nitrogen and oxygen atoms in total. The second-order valence-electron chi connectivity index (χ2n) is 16.6. The number of hydrogen-bond donors (Lipinski definition) is 4. The first-order chi connectivity index (χ1) is 33.6. The topological polar surface area (TPSA) is 219 Å². The van der Waals surface area contributed by atoms with E-state index in [1.54, 1.807) is 42.2 Å². The molecule has 9 heterocycles. The summed E-state index contributed by atoms with van der Waals surface area (Å²) in [5.74, 6) is 2.37. The van der Waals surface area contributed by atoms with Crippen molar-refractivity contribution in [3.63, 3.8) is 0 Å². The fraction of sp³-hybridized carbons (Fsp3) is 0.468. The number of thioether (sulfide) groups is 1. The molecule has 2 saturated heterocycles. The highest BCUT2D eigenvalue weighted by molar-refractivity contribution is 7.99. The maximum Gasteiger partial charge on any atom is 0.247 e. The molecule has 4 aliphatic heterocycles. The van der Waals surface area contributed by atoms with Gasteiger partial charge in [-0.1, -0.05) is 0 Å². The first-order valence-corrected chi connectivity index (χ1v) is 23.5. The fourth-order valence-corrected chi connectivity index (χ4v) is 9.20. The number of aliphatic hydroxyl groups is 2. The van der Waals surface area contributed by atoms with Crippen molar-refractivity contribution >= 4 is 33.8 Å². The lowest BCUT2D eigenvalue weighted by Gasteiger charge is -2.32. The van der Waals surface area contributed by atoms with Crippen LogP contribution in [0.4, 0.5) is 8.78 Å². The molecule has 0 amide bonds. The molecule has 0 spiro atoms. The maximum atomic E-state index is 14.6. The lowest BCUT2D eigenvalue weighted by atomic mass is 9.95. The Labute approximate surface area is 396 Å². The zero-order chi connectivity index (χ0) is 47.9. The largest absolute Gasteiger partial charge is 0.486 e. The number of nitrogens with one attached hydrogen (secondary N) is 2. The van der Waals surface area contributed by atoms with Crippen LogP contribution in [0.25, 0.3) is 22.1 Å². The van der Waals surface area contributed by atoms with Crippen LogP contribution in [0.3, 0.4) is 0 Å². The molecule has 0 bridgehead atoms. The van der Waals surface area contributed by atoms with Gasteiger partial charge in [0.05, 0.1) is 115 Å². The molecule has 4 aliphatic rings. The minimum Gasteiger partial charge on any atom is -0.486 e. The molecule has 10 rings (SSSR count). The van der Waals surface area contributed by atoms with Crippen LogP contribution in [-0.4, -0.2) is 135 Å². The van der Waals surface area contributed by atoms with E-state index in [0.717, 1.165) is 29.0 Å². The van der Waals surface area contributed by atoms with Gasteiger partial charge in [-0.25, -0.2) is 23.7 Å². The van der Waals surface area contributed by atoms with Gasteiger partial charge in [0.2, 0.25) is 17.6 Å². The minimum absolute atomic E-state index is 0.0377. The second kappa shape index (κ2) is 22.2. The number of halogens is 2. The summed E-state index contributed by atoms with van der Waals surface area (Å²) in [6.45, 7) is 2.18. The zero-order valence-electron chi connectivity index (χ0n) is 38.5. The van der Waals surface area contributed by atoms with Crippen molar-refractivity contribution < 1.29 is 53.5 Å². The van der Waals surface area contributed by atoms with E-state index in [9.17, 15) is 19.0 Å². The number of fused-ring (bicyclic) bond motifs is 4. The van der Waals surface area contributed by atoms with Crippen LogP contribution in [0.5, 0.6) is 29.1 Å². The van der Waals surface area contributed by atoms with Crippen LogP contribution < -0.4 is 34.3 Å². The first-order valence-electron chi connectivity index (χ1n) is 23.0. The second-order valence-corrected chi connectivity index (χ2v) is 17.7. The molecular formula is C47H53F2N9O9S. The molecule has 5 aromatic heterocycles. The van der Waals surface area contributed by atoms with Crippen LogP contribution in [-0.2, 0) is 35.4 Å². The van der Waals surface area contributed by atoms with E-state index < -0.39 is 36.5 Å². The highest BCUT2D eigenvalue weighted by atomic mass is 32.2. The standard InChI is InChI=1S/C24H27FN4O5.C23H26FN5O4S/c1-31-23-5-3-18-24(29-23)16(17(25)11-28-18)9-19(30)20-4-2-14(13-34-20)26-10-15-8-21-22(12-27-15)33-7-6-32-21;1-31-21-11-26-17-4-3-16(24)15(22(17)27-21)9-18(30)19-5-2-13(12-33-19)25-10-14-8-20-23(29-28-14)32-6-7-34-20/h3,5,8,11-12,14,19-20,26,30H,2,4,6-7,9-10,13H2,1H3;3-4,8,11,13,18-19,25,30H,2,5-7,9-10,12H2,1H3/t14-,19?,20+;13-,18+,19+/m11/s1/i10D;/t10?,14-,19?,20+;m. The van der Waals surface area contributed by atoms with Crippen molar-refractivity contribution in [2.45, 2.75) is 93.0 Å². The van der Waals surface area contributed by atoms with Crippen LogP contribution in [0.1, 0.15) is 49.6 Å². The Bertz CT molecular complexity index is 2720. The number of benzene rings is 1. The third-order valence-corrected chi connectivity index (χ3v) is 13.0. The number of aliphatic hydroxyl groups excluding tert-OH is 2. The van der Waals surface area contributed by atoms with E-state index in [4.69, 9.17) is 34.5 Å². The molecule has 0 saturated carbocycles. The van der Waals surface area contributed by atoms with Gasteiger partial charge in [-0.3, -0.25) is 9.97 Å². The Morgan fingerprint density at radius 1 is 0.721 bits per heavy atom. The number of ether oxygens (including phenoxy) is 7. The molecule has 1 aromatic carbocycles. The van der Waals surface area contributed by atoms with Crippen molar-refractivity contribution in [2.24, 2.45) is 0 Å². The predicted octanol–water partition coefficient (Wildman–Crippen LogP) is 4.48. The average Bonchev–Trinajstić information content (AvgIpc) is 3.39. The summed E-state index contributed by atoms with van der Waals surface area (Å²) in [5.41, 5.74) is 3.80. The van der Waals surface area contributed by atoms with Crippen molar-refractivity contribution in [1.29, 1.82) is 0 Å². The van der Waals surface area contributed by atoms with Crippen LogP contribution in [0.2, 0.25) is 0 Å². The highest BCUT2D eigenvalue weighted by Crippen LogP contribution is 2.32. The van der Waals surface area contributed by atoms with Gasteiger partial charge in [0.1, 0.15) is 24.8 Å². The third-order valence-electron chi connectivity index (χ3n) is 12.1. The Hall–Kier alpha value is -5.68. The Kier molecular flexibility index (Phi) is 15.0. The van der Waals surface area contributed by atoms with E-state index in [-0.39, 0.29) is 36.6 Å². The first kappa shape index (κ1) is 46.1. The maximum absolute atomic E-state index is 14.6. The number of rotatable bonds is 14. The monoisotopic (exact) mass is 958 g/mol. The molecular weight excluding hydrogens is 905 g/mol. The van der Waals surface area contributed by atoms with Gasteiger partial charge < -0.3 is 54.0 Å². The van der Waals surface area contributed by atoms with Gasteiger partial charge in [-0.2, -0.15) is 5.10 Å². The summed E-state index contributed by atoms with van der Waals surface area (Å²) in [5, 5.41) is 36.7. The molecule has 0 radical (unpaired) electrons. The lowest BCUT2D eigenvalue weighted by Crippen LogP contribution is -2.44. The molecule has 2 unspecified atom stereocenters. The third kappa shape index (κ3) is 11.4. The van der Waals surface area contributed by atoms with Gasteiger partial charge in [-0.15, -0.1) is 16.9 Å². The van der Waals surface area contributed by atoms with E-state index in [1.807, 2.05) is 6.07 Å². The van der Waals surface area contributed by atoms with E-state index in [0.29, 0.717) is 121 Å². The highest BCUT2D eigenvalue weighted by Gasteiger charge is 2.31. The summed E-state index contributed by atoms with van der Waals surface area (Å²) in [4.78, 5) is 22.3. The minimum atomic E-state index is -0.921. The molecule has 21 heteroatoms. The number of nitrogens with zero attached hydrogens (tertiary/aromatic N) is 7. The number of pyridine rings is 3. The SMILES string of the molecule is COc1cnc2ccc(F)c(C[C@H](O)[C@@H]3CC[C@@H](NCc4cc5c(nn4)OCCS5)CO3)c2n1.[2H]C(N[C@@H]1CC[C@@H](C(O)Cc2c(F)cnc3ccc(OC)nc23)OC1)c1cc2c(cn1)OCCO2. The van der Waals surface area contributed by atoms with Crippen molar-refractivity contribution in [3.8, 4) is 29.1 Å². The quantitative estimate of drug-likeness (QED) is 0.118. The smallest absolute Gasteiger partial charge is 0.247 e. The summed E-state index contributed by atoms with van der Waals surface area (Å²) in [7, 11) is 2.97. The molecule has 68 heavy (non-hydrogen) atoms. The normalized spacial score (nSPS) is 21.6. The summed E-state index contributed by atoms with van der Waals surface area (Å²) < 4.78 is 76.3. The van der Waals surface area contributed by atoms with E-state index in [1.165, 1.54) is 26.5 Å². The Morgan fingerprint density at radius 2 is 1.38 bits per heavy atom. The van der Waals surface area contributed by atoms with Gasteiger partial charge in [0.25, 0.3) is 0 Å². The Balaban J connectivity index is 0.000000172. The van der Waals surface area contributed by atoms with Crippen molar-refractivity contribution in [2.75, 3.05) is 53.0 Å². The Morgan fingerprint density at radius 3 is 2.09 bits per heavy atom. The van der Waals surface area contributed by atoms with Gasteiger partial charge >= 0.3 is 0 Å². The van der Waals surface area contributed by atoms with Crippen LogP contribution >= 0.6 is 11.8 Å². The van der Waals surface area contributed by atoms with Crippen molar-refractivity contribution in [3.05, 3.63) is 89.1 Å². The van der Waals surface area contributed by atoms with Gasteiger partial charge in [-0.05, 0) is 49.9 Å². The molecule has 2 fully saturated rings. The molecule has 0 aliphatic carbocycles. The van der Waals surface area contributed by atoms with Crippen molar-refractivity contribution in [1.82, 2.24) is 45.8 Å². The summed E-state index contributed by atoms with van der Waals surface area (Å²) >= 11 is 1.72. The average molecular weight is 959 g/mol. The molecule has 4 N–H and O–H groups in total. The van der Waals surface area contributed by atoms with E-state index in [2.05, 4.69) is 45.8 Å². The van der Waals surface area contributed by atoms with Gasteiger partial charge in [0.15, 0.2) is 11.5 Å². The van der Waals surface area contributed by atoms with E-state index >= 15 is 0 Å².